The Bertz CT molecular complexity index is 830. The van der Waals surface area contributed by atoms with E-state index in [1.165, 1.54) is 0 Å². The normalized spacial score (nSPS) is 16.7. The maximum atomic E-state index is 12.7. The highest BCUT2D eigenvalue weighted by atomic mass is 16.5. The van der Waals surface area contributed by atoms with Crippen LogP contribution in [0, 0.1) is 12.8 Å². The molecule has 1 fully saturated rings. The Morgan fingerprint density at radius 1 is 1.46 bits per heavy atom. The molecule has 2 heterocycles. The number of nitrogens with zero attached hydrogens (tertiary/aromatic N) is 1. The Balaban J connectivity index is 1.55. The lowest BCUT2D eigenvalue weighted by atomic mass is 9.99. The largest absolute Gasteiger partial charge is 0.492 e. The molecule has 28 heavy (non-hydrogen) atoms. The van der Waals surface area contributed by atoms with Crippen LogP contribution >= 0.6 is 0 Å². The topological polar surface area (TPSA) is 63.2 Å². The van der Waals surface area contributed by atoms with Gasteiger partial charge in [-0.3, -0.25) is 9.78 Å². The number of pyridine rings is 1. The number of amides is 1. The first-order chi connectivity index (χ1) is 13.6. The van der Waals surface area contributed by atoms with E-state index in [4.69, 9.17) is 4.74 Å². The fourth-order valence-corrected chi connectivity index (χ4v) is 3.24. The zero-order valence-corrected chi connectivity index (χ0v) is 16.7. The number of ether oxygens (including phenoxy) is 1. The van der Waals surface area contributed by atoms with Crippen LogP contribution < -0.4 is 15.4 Å². The number of nitrogens with one attached hydrogen (secondary N) is 2. The molecular formula is C23H29N3O2. The molecule has 148 valence electrons. The van der Waals surface area contributed by atoms with E-state index < -0.39 is 0 Å². The number of hydrogen-bond donors (Lipinski definition) is 2. The molecule has 3 rings (SSSR count). The van der Waals surface area contributed by atoms with E-state index in [0.717, 1.165) is 42.0 Å². The second kappa shape index (κ2) is 9.51. The molecule has 2 aromatic rings. The summed E-state index contributed by atoms with van der Waals surface area (Å²) in [5, 5.41) is 6.37. The van der Waals surface area contributed by atoms with Gasteiger partial charge in [-0.2, -0.15) is 0 Å². The summed E-state index contributed by atoms with van der Waals surface area (Å²) in [6.45, 7) is 10.2. The van der Waals surface area contributed by atoms with E-state index in [0.29, 0.717) is 24.8 Å². The van der Waals surface area contributed by atoms with Gasteiger partial charge in [0, 0.05) is 24.3 Å². The zero-order valence-electron chi connectivity index (χ0n) is 16.7. The minimum absolute atomic E-state index is 0.0632. The molecular weight excluding hydrogens is 350 g/mol. The SMILES string of the molecule is C=Cc1ncccc1CC(C)CNC(=O)c1cc(OC[C@@H]2CCN2)ccc1C. The van der Waals surface area contributed by atoms with Gasteiger partial charge >= 0.3 is 0 Å². The van der Waals surface area contributed by atoms with Crippen molar-refractivity contribution in [1.29, 1.82) is 0 Å². The first kappa shape index (κ1) is 20.1. The van der Waals surface area contributed by atoms with Crippen LogP contribution in [0.3, 0.4) is 0 Å². The van der Waals surface area contributed by atoms with Gasteiger partial charge < -0.3 is 15.4 Å². The number of rotatable bonds is 9. The minimum atomic E-state index is -0.0632. The Morgan fingerprint density at radius 2 is 2.29 bits per heavy atom. The van der Waals surface area contributed by atoms with Crippen molar-refractivity contribution in [2.24, 2.45) is 5.92 Å². The summed E-state index contributed by atoms with van der Waals surface area (Å²) in [7, 11) is 0. The lowest BCUT2D eigenvalue weighted by molar-refractivity contribution is 0.0947. The predicted octanol–water partition coefficient (Wildman–Crippen LogP) is 3.38. The Labute approximate surface area is 167 Å². The standard InChI is InChI=1S/C23H29N3O2/c1-4-22-18(6-5-10-25-22)12-16(2)14-26-23(27)21-13-20(8-7-17(21)3)28-15-19-9-11-24-19/h4-8,10,13,16,19,24H,1,9,11-12,14-15H2,2-3H3,(H,26,27)/t16?,19-/m0/s1. The Morgan fingerprint density at radius 3 is 3.00 bits per heavy atom. The van der Waals surface area contributed by atoms with Gasteiger partial charge in [-0.1, -0.05) is 25.6 Å². The van der Waals surface area contributed by atoms with Crippen LogP contribution in [0.5, 0.6) is 5.75 Å². The van der Waals surface area contributed by atoms with E-state index in [-0.39, 0.29) is 11.8 Å². The van der Waals surface area contributed by atoms with Gasteiger partial charge in [-0.15, -0.1) is 0 Å². The summed E-state index contributed by atoms with van der Waals surface area (Å²) in [5.41, 5.74) is 3.66. The molecule has 0 bridgehead atoms. The van der Waals surface area contributed by atoms with Crippen LogP contribution in [-0.2, 0) is 6.42 Å². The first-order valence-electron chi connectivity index (χ1n) is 9.88. The third-order valence-corrected chi connectivity index (χ3v) is 5.13. The van der Waals surface area contributed by atoms with Crippen molar-refractivity contribution in [3.63, 3.8) is 0 Å². The molecule has 5 heteroatoms. The quantitative estimate of drug-likeness (QED) is 0.701. The third kappa shape index (κ3) is 5.20. The molecule has 1 aromatic carbocycles. The van der Waals surface area contributed by atoms with Crippen LogP contribution in [-0.4, -0.2) is 36.6 Å². The number of carbonyl (C=O) groups is 1. The van der Waals surface area contributed by atoms with E-state index in [9.17, 15) is 4.79 Å². The molecule has 2 N–H and O–H groups in total. The fourth-order valence-electron chi connectivity index (χ4n) is 3.24. The summed E-state index contributed by atoms with van der Waals surface area (Å²) >= 11 is 0. The summed E-state index contributed by atoms with van der Waals surface area (Å²) in [6, 6.07) is 10.1. The fraction of sp³-hybridized carbons (Fsp3) is 0.391. The van der Waals surface area contributed by atoms with Crippen LogP contribution in [0.4, 0.5) is 0 Å². The Hall–Kier alpha value is -2.66. The molecule has 0 spiro atoms. The van der Waals surface area contributed by atoms with Crippen molar-refractivity contribution in [3.8, 4) is 5.75 Å². The molecule has 5 nitrogen and oxygen atoms in total. The van der Waals surface area contributed by atoms with Crippen LogP contribution in [0.1, 0.15) is 40.5 Å². The summed E-state index contributed by atoms with van der Waals surface area (Å²) in [6.07, 6.45) is 5.52. The summed E-state index contributed by atoms with van der Waals surface area (Å²) < 4.78 is 5.83. The van der Waals surface area contributed by atoms with Gasteiger partial charge in [-0.05, 0) is 67.6 Å². The van der Waals surface area contributed by atoms with Crippen molar-refractivity contribution >= 4 is 12.0 Å². The van der Waals surface area contributed by atoms with Crippen LogP contribution in [0.15, 0.2) is 43.1 Å². The van der Waals surface area contributed by atoms with Crippen LogP contribution in [0.25, 0.3) is 6.08 Å². The van der Waals surface area contributed by atoms with Gasteiger partial charge in [0.05, 0.1) is 5.69 Å². The molecule has 0 saturated carbocycles. The highest BCUT2D eigenvalue weighted by Gasteiger charge is 2.17. The average Bonchev–Trinajstić information content (AvgIpc) is 2.66. The van der Waals surface area contributed by atoms with Crippen molar-refractivity contribution in [1.82, 2.24) is 15.6 Å². The van der Waals surface area contributed by atoms with Crippen molar-refractivity contribution in [3.05, 3.63) is 65.5 Å². The Kier molecular flexibility index (Phi) is 6.82. The number of aryl methyl sites for hydroxylation is 1. The number of aromatic nitrogens is 1. The molecule has 1 aromatic heterocycles. The second-order valence-electron chi connectivity index (χ2n) is 7.50. The third-order valence-electron chi connectivity index (χ3n) is 5.13. The molecule has 0 aliphatic carbocycles. The van der Waals surface area contributed by atoms with Crippen molar-refractivity contribution in [2.45, 2.75) is 32.7 Å². The average molecular weight is 380 g/mol. The van der Waals surface area contributed by atoms with E-state index in [1.54, 1.807) is 12.3 Å². The van der Waals surface area contributed by atoms with Gasteiger partial charge in [0.25, 0.3) is 5.91 Å². The number of carbonyl (C=O) groups excluding carboxylic acids is 1. The maximum Gasteiger partial charge on any atom is 0.251 e. The molecule has 1 unspecified atom stereocenters. The van der Waals surface area contributed by atoms with Crippen molar-refractivity contribution < 1.29 is 9.53 Å². The molecule has 1 saturated heterocycles. The molecule has 2 atom stereocenters. The van der Waals surface area contributed by atoms with Gasteiger partial charge in [0.1, 0.15) is 12.4 Å². The summed E-state index contributed by atoms with van der Waals surface area (Å²) in [5.74, 6) is 0.964. The first-order valence-corrected chi connectivity index (χ1v) is 9.88. The highest BCUT2D eigenvalue weighted by Crippen LogP contribution is 2.19. The molecule has 1 amide bonds. The number of benzene rings is 1. The lowest BCUT2D eigenvalue weighted by Crippen LogP contribution is -2.46. The zero-order chi connectivity index (χ0) is 19.9. The number of hydrogen-bond acceptors (Lipinski definition) is 4. The monoisotopic (exact) mass is 379 g/mol. The molecule has 0 radical (unpaired) electrons. The van der Waals surface area contributed by atoms with Gasteiger partial charge in [0.2, 0.25) is 0 Å². The minimum Gasteiger partial charge on any atom is -0.492 e. The van der Waals surface area contributed by atoms with Crippen molar-refractivity contribution in [2.75, 3.05) is 19.7 Å². The second-order valence-corrected chi connectivity index (χ2v) is 7.50. The smallest absolute Gasteiger partial charge is 0.251 e. The van der Waals surface area contributed by atoms with Crippen LogP contribution in [0.2, 0.25) is 0 Å². The highest BCUT2D eigenvalue weighted by molar-refractivity contribution is 5.96. The van der Waals surface area contributed by atoms with E-state index in [2.05, 4.69) is 35.2 Å². The maximum absolute atomic E-state index is 12.7. The lowest BCUT2D eigenvalue weighted by Gasteiger charge is -2.27. The van der Waals surface area contributed by atoms with Gasteiger partial charge in [0.15, 0.2) is 0 Å². The predicted molar refractivity (Wildman–Crippen MR) is 113 cm³/mol. The van der Waals surface area contributed by atoms with E-state index in [1.807, 2.05) is 31.2 Å². The van der Waals surface area contributed by atoms with E-state index >= 15 is 0 Å². The molecule has 1 aliphatic heterocycles. The van der Waals surface area contributed by atoms with Gasteiger partial charge in [-0.25, -0.2) is 0 Å². The summed E-state index contributed by atoms with van der Waals surface area (Å²) in [4.78, 5) is 17.0. The molecule has 1 aliphatic rings.